The Bertz CT molecular complexity index is 341. The average molecular weight is 257 g/mol. The fraction of sp³-hybridized carbons (Fsp3) is 0.333. The molecule has 0 saturated carbocycles. The van der Waals surface area contributed by atoms with E-state index in [4.69, 9.17) is 0 Å². The predicted octanol–water partition coefficient (Wildman–Crippen LogP) is 5.03. The molecule has 0 aliphatic heterocycles. The van der Waals surface area contributed by atoms with E-state index in [2.05, 4.69) is 53.8 Å². The highest BCUT2D eigenvalue weighted by molar-refractivity contribution is 5.16. The first kappa shape index (κ1) is 17.4. The highest BCUT2D eigenvalue weighted by Gasteiger charge is 1.92. The highest BCUT2D eigenvalue weighted by atomic mass is 14.8. The molecular formula is C18H27N. The lowest BCUT2D eigenvalue weighted by atomic mass is 10.2. The van der Waals surface area contributed by atoms with Crippen molar-refractivity contribution in [2.24, 2.45) is 0 Å². The van der Waals surface area contributed by atoms with Gasteiger partial charge in [-0.1, -0.05) is 88.4 Å². The van der Waals surface area contributed by atoms with E-state index in [1.165, 1.54) is 11.1 Å². The first-order valence-corrected chi connectivity index (χ1v) is 7.24. The fourth-order valence-corrected chi connectivity index (χ4v) is 1.54. The number of hydrogen-bond donors (Lipinski definition) is 1. The lowest BCUT2D eigenvalue weighted by molar-refractivity contribution is 0.693. The van der Waals surface area contributed by atoms with Crippen LogP contribution in [0.5, 0.6) is 0 Å². The zero-order valence-electron chi connectivity index (χ0n) is 12.7. The molecule has 2 aromatic carbocycles. The van der Waals surface area contributed by atoms with E-state index in [1.54, 1.807) is 0 Å². The molecule has 2 aromatic rings. The second-order valence-corrected chi connectivity index (χ2v) is 3.57. The second-order valence-electron chi connectivity index (χ2n) is 3.57. The van der Waals surface area contributed by atoms with Gasteiger partial charge in [0.15, 0.2) is 0 Å². The summed E-state index contributed by atoms with van der Waals surface area (Å²) in [6.45, 7) is 9.85. The topological polar surface area (TPSA) is 12.0 Å². The largest absolute Gasteiger partial charge is 0.309 e. The Labute approximate surface area is 118 Å². The number of nitrogens with one attached hydrogen (secondary N) is 1. The lowest BCUT2D eigenvalue weighted by Gasteiger charge is -2.04. The van der Waals surface area contributed by atoms with Crippen molar-refractivity contribution in [3.05, 3.63) is 71.8 Å². The molecule has 0 amide bonds. The van der Waals surface area contributed by atoms with Gasteiger partial charge in [0.05, 0.1) is 0 Å². The van der Waals surface area contributed by atoms with Crippen LogP contribution in [0.4, 0.5) is 0 Å². The molecule has 0 saturated heterocycles. The van der Waals surface area contributed by atoms with Crippen LogP contribution in [0.1, 0.15) is 38.8 Å². The van der Waals surface area contributed by atoms with Crippen LogP contribution in [0.25, 0.3) is 0 Å². The van der Waals surface area contributed by atoms with Gasteiger partial charge in [0.25, 0.3) is 0 Å². The van der Waals surface area contributed by atoms with Gasteiger partial charge in [0, 0.05) is 13.1 Å². The minimum absolute atomic E-state index is 0.926. The molecule has 0 fully saturated rings. The third-order valence-electron chi connectivity index (χ3n) is 2.34. The molecule has 0 atom stereocenters. The normalized spacial score (nSPS) is 8.63. The van der Waals surface area contributed by atoms with Crippen molar-refractivity contribution in [2.75, 3.05) is 0 Å². The summed E-state index contributed by atoms with van der Waals surface area (Å²) in [6, 6.07) is 20.9. The second kappa shape index (κ2) is 12.8. The van der Waals surface area contributed by atoms with E-state index >= 15 is 0 Å². The van der Waals surface area contributed by atoms with E-state index in [9.17, 15) is 0 Å². The molecule has 1 heteroatoms. The van der Waals surface area contributed by atoms with Gasteiger partial charge in [-0.2, -0.15) is 0 Å². The van der Waals surface area contributed by atoms with Crippen molar-refractivity contribution in [1.82, 2.24) is 5.32 Å². The van der Waals surface area contributed by atoms with E-state index in [0.717, 1.165) is 13.1 Å². The van der Waals surface area contributed by atoms with Crippen molar-refractivity contribution in [2.45, 2.75) is 40.8 Å². The van der Waals surface area contributed by atoms with Crippen LogP contribution >= 0.6 is 0 Å². The molecule has 1 N–H and O–H groups in total. The van der Waals surface area contributed by atoms with E-state index in [0.29, 0.717) is 0 Å². The summed E-state index contributed by atoms with van der Waals surface area (Å²) in [5.41, 5.74) is 2.65. The van der Waals surface area contributed by atoms with Gasteiger partial charge in [0.1, 0.15) is 0 Å². The highest BCUT2D eigenvalue weighted by Crippen LogP contribution is 2.00. The van der Waals surface area contributed by atoms with Crippen molar-refractivity contribution in [3.63, 3.8) is 0 Å². The molecule has 0 heterocycles. The molecule has 0 aliphatic carbocycles. The van der Waals surface area contributed by atoms with E-state index in [1.807, 2.05) is 39.8 Å². The van der Waals surface area contributed by atoms with Gasteiger partial charge < -0.3 is 5.32 Å². The summed E-state index contributed by atoms with van der Waals surface area (Å²) >= 11 is 0. The summed E-state index contributed by atoms with van der Waals surface area (Å²) in [5, 5.41) is 3.42. The molecule has 0 aromatic heterocycles. The first-order valence-electron chi connectivity index (χ1n) is 7.24. The van der Waals surface area contributed by atoms with E-state index in [-0.39, 0.29) is 0 Å². The summed E-state index contributed by atoms with van der Waals surface area (Å²) in [4.78, 5) is 0. The smallest absolute Gasteiger partial charge is 0.0208 e. The van der Waals surface area contributed by atoms with Crippen LogP contribution in [0.3, 0.4) is 0 Å². The Morgan fingerprint density at radius 2 is 0.895 bits per heavy atom. The molecule has 0 aliphatic rings. The number of hydrogen-bond acceptors (Lipinski definition) is 1. The Balaban J connectivity index is 0.000000741. The van der Waals surface area contributed by atoms with Crippen LogP contribution in [0, 0.1) is 0 Å². The maximum atomic E-state index is 3.42. The van der Waals surface area contributed by atoms with Crippen molar-refractivity contribution in [3.8, 4) is 0 Å². The molecule has 19 heavy (non-hydrogen) atoms. The minimum atomic E-state index is 0.926. The number of rotatable bonds is 4. The molecule has 1 nitrogen and oxygen atoms in total. The predicted molar refractivity (Wildman–Crippen MR) is 86.1 cm³/mol. The summed E-state index contributed by atoms with van der Waals surface area (Å²) in [7, 11) is 0. The van der Waals surface area contributed by atoms with Crippen molar-refractivity contribution in [1.29, 1.82) is 0 Å². The average Bonchev–Trinajstić information content (AvgIpc) is 2.53. The Kier molecular flexibility index (Phi) is 11.8. The van der Waals surface area contributed by atoms with Crippen molar-refractivity contribution >= 4 is 0 Å². The standard InChI is InChI=1S/C14H15N.2C2H6/c1-3-7-13(8-4-1)11-15-12-14-9-5-2-6-10-14;2*1-2/h1-10,15H,11-12H2;2*1-2H3. The summed E-state index contributed by atoms with van der Waals surface area (Å²) < 4.78 is 0. The summed E-state index contributed by atoms with van der Waals surface area (Å²) in [6.07, 6.45) is 0. The zero-order chi connectivity index (χ0) is 14.3. The van der Waals surface area contributed by atoms with Crippen LogP contribution < -0.4 is 5.32 Å². The zero-order valence-corrected chi connectivity index (χ0v) is 12.7. The molecule has 0 radical (unpaired) electrons. The van der Waals surface area contributed by atoms with Crippen LogP contribution in [-0.2, 0) is 13.1 Å². The van der Waals surface area contributed by atoms with Gasteiger partial charge >= 0.3 is 0 Å². The Hall–Kier alpha value is -1.60. The van der Waals surface area contributed by atoms with Gasteiger partial charge in [-0.05, 0) is 11.1 Å². The number of benzene rings is 2. The Morgan fingerprint density at radius 1 is 0.579 bits per heavy atom. The van der Waals surface area contributed by atoms with Crippen LogP contribution in [-0.4, -0.2) is 0 Å². The monoisotopic (exact) mass is 257 g/mol. The third-order valence-corrected chi connectivity index (χ3v) is 2.34. The van der Waals surface area contributed by atoms with Gasteiger partial charge in [-0.25, -0.2) is 0 Å². The van der Waals surface area contributed by atoms with Crippen molar-refractivity contribution < 1.29 is 0 Å². The fourth-order valence-electron chi connectivity index (χ4n) is 1.54. The van der Waals surface area contributed by atoms with Crippen LogP contribution in [0.15, 0.2) is 60.7 Å². The van der Waals surface area contributed by atoms with Gasteiger partial charge in [-0.3, -0.25) is 0 Å². The maximum absolute atomic E-state index is 3.42. The molecule has 0 spiro atoms. The van der Waals surface area contributed by atoms with Gasteiger partial charge in [0.2, 0.25) is 0 Å². The molecule has 2 rings (SSSR count). The lowest BCUT2D eigenvalue weighted by Crippen LogP contribution is -2.12. The first-order chi connectivity index (χ1) is 9.45. The molecular weight excluding hydrogens is 230 g/mol. The molecule has 0 unspecified atom stereocenters. The van der Waals surface area contributed by atoms with Crippen LogP contribution in [0.2, 0.25) is 0 Å². The Morgan fingerprint density at radius 3 is 1.21 bits per heavy atom. The SMILES string of the molecule is CC.CC.c1ccc(CNCc2ccccc2)cc1. The molecule has 0 bridgehead atoms. The van der Waals surface area contributed by atoms with E-state index < -0.39 is 0 Å². The summed E-state index contributed by atoms with van der Waals surface area (Å²) in [5.74, 6) is 0. The van der Waals surface area contributed by atoms with Gasteiger partial charge in [-0.15, -0.1) is 0 Å². The molecule has 104 valence electrons. The quantitative estimate of drug-likeness (QED) is 0.810. The maximum Gasteiger partial charge on any atom is 0.0208 e. The minimum Gasteiger partial charge on any atom is -0.309 e. The third kappa shape index (κ3) is 8.17.